The van der Waals surface area contributed by atoms with Crippen LogP contribution in [0.1, 0.15) is 27.7 Å². The Morgan fingerprint density at radius 3 is 2.37 bits per heavy atom. The molecule has 3 heteroatoms. The van der Waals surface area contributed by atoms with E-state index in [9.17, 15) is 0 Å². The van der Waals surface area contributed by atoms with E-state index in [1.54, 1.807) is 0 Å². The van der Waals surface area contributed by atoms with Crippen LogP contribution in [0.25, 0.3) is 0 Å². The Morgan fingerprint density at radius 2 is 1.84 bits per heavy atom. The van der Waals surface area contributed by atoms with Gasteiger partial charge in [0, 0.05) is 25.8 Å². The van der Waals surface area contributed by atoms with E-state index in [0.29, 0.717) is 0 Å². The van der Waals surface area contributed by atoms with E-state index in [-0.39, 0.29) is 5.92 Å². The van der Waals surface area contributed by atoms with Gasteiger partial charge in [-0.25, -0.2) is 0 Å². The molecule has 1 aliphatic rings. The molecule has 0 saturated carbocycles. The SMILES string of the molecule is CC.CC.CNCCN(C)C1=CC=CC=CC1C#N. The lowest BCUT2D eigenvalue weighted by Gasteiger charge is -2.24. The van der Waals surface area contributed by atoms with Crippen molar-refractivity contribution in [3.05, 3.63) is 36.1 Å². The molecule has 1 atom stereocenters. The van der Waals surface area contributed by atoms with E-state index >= 15 is 0 Å². The minimum atomic E-state index is -0.137. The molecule has 0 aromatic heterocycles. The quantitative estimate of drug-likeness (QED) is 0.845. The van der Waals surface area contributed by atoms with Crippen molar-refractivity contribution in [2.45, 2.75) is 27.7 Å². The molecule has 3 nitrogen and oxygen atoms in total. The Bertz CT molecular complexity index is 321. The smallest absolute Gasteiger partial charge is 0.104 e. The molecule has 1 N–H and O–H groups in total. The maximum Gasteiger partial charge on any atom is 0.104 e. The molecule has 0 radical (unpaired) electrons. The van der Waals surface area contributed by atoms with Gasteiger partial charge in [-0.15, -0.1) is 0 Å². The summed E-state index contributed by atoms with van der Waals surface area (Å²) in [5, 5.41) is 12.1. The standard InChI is InChI=1S/C12H17N3.2C2H6/c1-14-8-9-15(2)12-7-5-3-4-6-11(12)10-13;2*1-2/h3-7,11,14H,8-9H2,1-2H3;2*1-2H3. The van der Waals surface area contributed by atoms with Crippen molar-refractivity contribution in [1.82, 2.24) is 10.2 Å². The first-order chi connectivity index (χ1) is 9.29. The third-order valence-corrected chi connectivity index (χ3v) is 2.39. The topological polar surface area (TPSA) is 39.1 Å². The summed E-state index contributed by atoms with van der Waals surface area (Å²) in [7, 11) is 3.94. The normalized spacial score (nSPS) is 15.8. The van der Waals surface area contributed by atoms with Crippen LogP contribution in [0.2, 0.25) is 0 Å². The molecule has 1 unspecified atom stereocenters. The van der Waals surface area contributed by atoms with Crippen LogP contribution in [-0.2, 0) is 0 Å². The van der Waals surface area contributed by atoms with Gasteiger partial charge in [0.1, 0.15) is 5.92 Å². The predicted molar refractivity (Wildman–Crippen MR) is 84.7 cm³/mol. The second-order valence-corrected chi connectivity index (χ2v) is 3.49. The summed E-state index contributed by atoms with van der Waals surface area (Å²) in [4.78, 5) is 2.12. The average molecular weight is 263 g/mol. The molecule has 0 spiro atoms. The van der Waals surface area contributed by atoms with Crippen LogP contribution in [0.5, 0.6) is 0 Å². The highest BCUT2D eigenvalue weighted by Crippen LogP contribution is 2.17. The summed E-state index contributed by atoms with van der Waals surface area (Å²) in [5.41, 5.74) is 1.05. The predicted octanol–water partition coefficient (Wildman–Crippen LogP) is 3.34. The Hall–Kier alpha value is -1.53. The Labute approximate surface area is 119 Å². The molecular formula is C16H29N3. The van der Waals surface area contributed by atoms with E-state index in [1.807, 2.05) is 72.2 Å². The van der Waals surface area contributed by atoms with Crippen LogP contribution < -0.4 is 5.32 Å². The van der Waals surface area contributed by atoms with E-state index in [2.05, 4.69) is 16.3 Å². The number of nitrogens with zero attached hydrogens (tertiary/aromatic N) is 2. The van der Waals surface area contributed by atoms with Gasteiger partial charge in [-0.2, -0.15) is 5.26 Å². The zero-order valence-corrected chi connectivity index (χ0v) is 13.3. The van der Waals surface area contributed by atoms with Crippen molar-refractivity contribution < 1.29 is 0 Å². The van der Waals surface area contributed by atoms with Crippen LogP contribution in [0.3, 0.4) is 0 Å². The third-order valence-electron chi connectivity index (χ3n) is 2.39. The van der Waals surface area contributed by atoms with Crippen molar-refractivity contribution in [2.75, 3.05) is 27.2 Å². The molecule has 0 aromatic rings. The van der Waals surface area contributed by atoms with Gasteiger partial charge in [0.25, 0.3) is 0 Å². The van der Waals surface area contributed by atoms with Crippen molar-refractivity contribution in [3.8, 4) is 6.07 Å². The number of nitrogens with one attached hydrogen (secondary N) is 1. The summed E-state index contributed by atoms with van der Waals surface area (Å²) in [6, 6.07) is 2.29. The maximum absolute atomic E-state index is 9.05. The summed E-state index contributed by atoms with van der Waals surface area (Å²) in [6.45, 7) is 9.82. The molecule has 0 aliphatic heterocycles. The molecule has 0 amide bonds. The third kappa shape index (κ3) is 8.23. The van der Waals surface area contributed by atoms with Crippen molar-refractivity contribution >= 4 is 0 Å². The van der Waals surface area contributed by atoms with Crippen molar-refractivity contribution in [1.29, 1.82) is 5.26 Å². The fourth-order valence-corrected chi connectivity index (χ4v) is 1.48. The molecule has 0 bridgehead atoms. The zero-order chi connectivity index (χ0) is 15.1. The highest BCUT2D eigenvalue weighted by Gasteiger charge is 2.14. The summed E-state index contributed by atoms with van der Waals surface area (Å²) >= 11 is 0. The first-order valence-electron chi connectivity index (χ1n) is 7.10. The average Bonchev–Trinajstić information content (AvgIpc) is 2.74. The first kappa shape index (κ1) is 19.8. The molecular weight excluding hydrogens is 234 g/mol. The fourth-order valence-electron chi connectivity index (χ4n) is 1.48. The lowest BCUT2D eigenvalue weighted by molar-refractivity contribution is 0.394. The van der Waals surface area contributed by atoms with Crippen molar-refractivity contribution in [3.63, 3.8) is 0 Å². The molecule has 19 heavy (non-hydrogen) atoms. The Morgan fingerprint density at radius 1 is 1.21 bits per heavy atom. The van der Waals surface area contributed by atoms with Gasteiger partial charge in [0.05, 0.1) is 6.07 Å². The highest BCUT2D eigenvalue weighted by atomic mass is 15.1. The Balaban J connectivity index is 0. The summed E-state index contributed by atoms with van der Waals surface area (Å²) in [5.74, 6) is -0.137. The van der Waals surface area contributed by atoms with Gasteiger partial charge >= 0.3 is 0 Å². The minimum absolute atomic E-state index is 0.137. The molecule has 1 aliphatic carbocycles. The molecule has 0 fully saturated rings. The second kappa shape index (κ2) is 14.5. The lowest BCUT2D eigenvalue weighted by atomic mass is 10.1. The van der Waals surface area contributed by atoms with E-state index < -0.39 is 0 Å². The van der Waals surface area contributed by atoms with Crippen LogP contribution >= 0.6 is 0 Å². The van der Waals surface area contributed by atoms with Crippen LogP contribution in [-0.4, -0.2) is 32.1 Å². The number of rotatable bonds is 4. The molecule has 0 saturated heterocycles. The Kier molecular flexibility index (Phi) is 15.1. The number of allylic oxidation sites excluding steroid dienone is 5. The first-order valence-corrected chi connectivity index (χ1v) is 7.10. The second-order valence-electron chi connectivity index (χ2n) is 3.49. The van der Waals surface area contributed by atoms with Gasteiger partial charge in [-0.3, -0.25) is 0 Å². The number of hydrogen-bond acceptors (Lipinski definition) is 3. The van der Waals surface area contributed by atoms with Gasteiger partial charge in [-0.1, -0.05) is 52.0 Å². The summed E-state index contributed by atoms with van der Waals surface area (Å²) in [6.07, 6.45) is 9.76. The van der Waals surface area contributed by atoms with Gasteiger partial charge in [0.15, 0.2) is 0 Å². The summed E-state index contributed by atoms with van der Waals surface area (Å²) < 4.78 is 0. The van der Waals surface area contributed by atoms with Gasteiger partial charge in [0.2, 0.25) is 0 Å². The number of likely N-dealkylation sites (N-methyl/N-ethyl adjacent to an activating group) is 2. The number of nitriles is 1. The van der Waals surface area contributed by atoms with Gasteiger partial charge < -0.3 is 10.2 Å². The molecule has 0 aromatic carbocycles. The van der Waals surface area contributed by atoms with Crippen LogP contribution in [0.4, 0.5) is 0 Å². The van der Waals surface area contributed by atoms with E-state index in [1.165, 1.54) is 0 Å². The molecule has 108 valence electrons. The molecule has 1 rings (SSSR count). The largest absolute Gasteiger partial charge is 0.375 e. The fraction of sp³-hybridized carbons (Fsp3) is 0.562. The maximum atomic E-state index is 9.05. The van der Waals surface area contributed by atoms with Crippen LogP contribution in [0, 0.1) is 17.2 Å². The minimum Gasteiger partial charge on any atom is -0.375 e. The lowest BCUT2D eigenvalue weighted by Crippen LogP contribution is -2.29. The number of hydrogen-bond donors (Lipinski definition) is 1. The zero-order valence-electron chi connectivity index (χ0n) is 13.3. The van der Waals surface area contributed by atoms with Gasteiger partial charge in [-0.05, 0) is 13.1 Å². The van der Waals surface area contributed by atoms with Crippen LogP contribution in [0.15, 0.2) is 36.1 Å². The monoisotopic (exact) mass is 263 g/mol. The molecule has 0 heterocycles. The highest BCUT2D eigenvalue weighted by molar-refractivity contribution is 5.30. The van der Waals surface area contributed by atoms with Crippen molar-refractivity contribution in [2.24, 2.45) is 5.92 Å². The van der Waals surface area contributed by atoms with E-state index in [0.717, 1.165) is 18.8 Å². The van der Waals surface area contributed by atoms with E-state index in [4.69, 9.17) is 5.26 Å².